The minimum atomic E-state index is -0.359. The fourth-order valence-corrected chi connectivity index (χ4v) is 2.99. The summed E-state index contributed by atoms with van der Waals surface area (Å²) < 4.78 is 16.3. The molecule has 0 fully saturated rings. The van der Waals surface area contributed by atoms with Crippen LogP contribution in [0.1, 0.15) is 0 Å². The number of rotatable bonds is 5. The standard InChI is InChI=1S/C19H16FN5O2/c20-14-6-5-13-7-9-24(17(13)11-14)10-8-21-18(26)12-25-19(27)15-3-1-2-4-16(15)22-23-25/h1-7,9,11H,8,10,12H2,(H,21,26). The van der Waals surface area contributed by atoms with Crippen molar-refractivity contribution in [3.8, 4) is 0 Å². The zero-order valence-corrected chi connectivity index (χ0v) is 14.3. The largest absolute Gasteiger partial charge is 0.353 e. The molecule has 0 bridgehead atoms. The molecule has 1 amide bonds. The normalized spacial score (nSPS) is 11.1. The Morgan fingerprint density at radius 1 is 1.15 bits per heavy atom. The molecular weight excluding hydrogens is 349 g/mol. The molecule has 7 nitrogen and oxygen atoms in total. The topological polar surface area (TPSA) is 81.8 Å². The quantitative estimate of drug-likeness (QED) is 0.584. The number of fused-ring (bicyclic) bond motifs is 2. The van der Waals surface area contributed by atoms with Gasteiger partial charge in [-0.15, -0.1) is 5.10 Å². The zero-order valence-electron chi connectivity index (χ0n) is 14.3. The summed E-state index contributed by atoms with van der Waals surface area (Å²) in [5.41, 5.74) is 0.898. The highest BCUT2D eigenvalue weighted by molar-refractivity contribution is 5.80. The Kier molecular flexibility index (Phi) is 4.37. The number of aromatic nitrogens is 4. The molecule has 2 aromatic carbocycles. The Labute approximate surface area is 153 Å². The maximum atomic E-state index is 13.4. The highest BCUT2D eigenvalue weighted by Crippen LogP contribution is 2.16. The summed E-state index contributed by atoms with van der Waals surface area (Å²) in [7, 11) is 0. The number of nitrogens with one attached hydrogen (secondary N) is 1. The van der Waals surface area contributed by atoms with Crippen molar-refractivity contribution in [2.24, 2.45) is 0 Å². The van der Waals surface area contributed by atoms with Crippen LogP contribution in [0.3, 0.4) is 0 Å². The van der Waals surface area contributed by atoms with Crippen LogP contribution in [0.4, 0.5) is 4.39 Å². The van der Waals surface area contributed by atoms with Gasteiger partial charge in [-0.3, -0.25) is 9.59 Å². The highest BCUT2D eigenvalue weighted by Gasteiger charge is 2.09. The third-order valence-electron chi connectivity index (χ3n) is 4.33. The molecule has 4 aromatic rings. The molecule has 0 atom stereocenters. The molecule has 0 unspecified atom stereocenters. The van der Waals surface area contributed by atoms with Crippen LogP contribution >= 0.6 is 0 Å². The van der Waals surface area contributed by atoms with Gasteiger partial charge in [0.15, 0.2) is 0 Å². The number of benzene rings is 2. The maximum Gasteiger partial charge on any atom is 0.278 e. The fraction of sp³-hybridized carbons (Fsp3) is 0.158. The van der Waals surface area contributed by atoms with E-state index in [2.05, 4.69) is 15.6 Å². The number of carbonyl (C=O) groups is 1. The summed E-state index contributed by atoms with van der Waals surface area (Å²) in [6.45, 7) is 0.615. The van der Waals surface area contributed by atoms with Gasteiger partial charge < -0.3 is 9.88 Å². The van der Waals surface area contributed by atoms with Crippen molar-refractivity contribution in [2.75, 3.05) is 6.54 Å². The molecule has 0 saturated carbocycles. The van der Waals surface area contributed by atoms with Gasteiger partial charge in [-0.2, -0.15) is 0 Å². The molecule has 0 radical (unpaired) electrons. The van der Waals surface area contributed by atoms with E-state index in [0.717, 1.165) is 15.6 Å². The van der Waals surface area contributed by atoms with Crippen molar-refractivity contribution in [1.29, 1.82) is 0 Å². The van der Waals surface area contributed by atoms with Crippen molar-refractivity contribution in [2.45, 2.75) is 13.1 Å². The smallest absolute Gasteiger partial charge is 0.278 e. The lowest BCUT2D eigenvalue weighted by molar-refractivity contribution is -0.121. The average molecular weight is 365 g/mol. The lowest BCUT2D eigenvalue weighted by Crippen LogP contribution is -2.35. The Bertz CT molecular complexity index is 1200. The van der Waals surface area contributed by atoms with E-state index in [9.17, 15) is 14.0 Å². The van der Waals surface area contributed by atoms with Crippen molar-refractivity contribution in [3.63, 3.8) is 0 Å². The van der Waals surface area contributed by atoms with E-state index in [-0.39, 0.29) is 23.8 Å². The van der Waals surface area contributed by atoms with Gasteiger partial charge in [-0.25, -0.2) is 9.07 Å². The van der Waals surface area contributed by atoms with Gasteiger partial charge in [0.1, 0.15) is 17.9 Å². The SMILES string of the molecule is O=C(Cn1nnc2ccccc2c1=O)NCCn1ccc2ccc(F)cc21. The second kappa shape index (κ2) is 6.99. The summed E-state index contributed by atoms with van der Waals surface area (Å²) in [5, 5.41) is 11.8. The number of hydrogen-bond donors (Lipinski definition) is 1. The monoisotopic (exact) mass is 365 g/mol. The number of amides is 1. The average Bonchev–Trinajstić information content (AvgIpc) is 3.06. The number of nitrogens with zero attached hydrogens (tertiary/aromatic N) is 4. The summed E-state index contributed by atoms with van der Waals surface area (Å²) >= 11 is 0. The highest BCUT2D eigenvalue weighted by atomic mass is 19.1. The third-order valence-corrected chi connectivity index (χ3v) is 4.33. The van der Waals surface area contributed by atoms with Crippen molar-refractivity contribution in [3.05, 3.63) is 70.9 Å². The Morgan fingerprint density at radius 2 is 2.00 bits per heavy atom. The van der Waals surface area contributed by atoms with Crippen molar-refractivity contribution < 1.29 is 9.18 Å². The van der Waals surface area contributed by atoms with Gasteiger partial charge in [-0.05, 0) is 41.8 Å². The van der Waals surface area contributed by atoms with Crippen LogP contribution in [0, 0.1) is 5.82 Å². The van der Waals surface area contributed by atoms with Gasteiger partial charge in [0.2, 0.25) is 5.91 Å². The van der Waals surface area contributed by atoms with Crippen LogP contribution in [0.25, 0.3) is 21.8 Å². The summed E-state index contributed by atoms with van der Waals surface area (Å²) in [6.07, 6.45) is 1.84. The van der Waals surface area contributed by atoms with Gasteiger partial charge in [-0.1, -0.05) is 17.3 Å². The first-order chi connectivity index (χ1) is 13.1. The van der Waals surface area contributed by atoms with Gasteiger partial charge in [0.25, 0.3) is 5.56 Å². The molecule has 0 saturated heterocycles. The predicted octanol–water partition coefficient (Wildman–Crippen LogP) is 1.70. The molecule has 2 aromatic heterocycles. The maximum absolute atomic E-state index is 13.4. The summed E-state index contributed by atoms with van der Waals surface area (Å²) in [5.74, 6) is -0.648. The van der Waals surface area contributed by atoms with Crippen LogP contribution in [-0.4, -0.2) is 32.0 Å². The molecule has 0 spiro atoms. The van der Waals surface area contributed by atoms with Crippen LogP contribution in [0.2, 0.25) is 0 Å². The van der Waals surface area contributed by atoms with Crippen molar-refractivity contribution in [1.82, 2.24) is 24.9 Å². The first kappa shape index (κ1) is 16.9. The molecular formula is C19H16FN5O2. The molecule has 4 rings (SSSR count). The minimum Gasteiger partial charge on any atom is -0.353 e. The summed E-state index contributed by atoms with van der Waals surface area (Å²) in [6, 6.07) is 13.3. The number of halogens is 1. The van der Waals surface area contributed by atoms with E-state index in [1.165, 1.54) is 12.1 Å². The van der Waals surface area contributed by atoms with E-state index in [0.29, 0.717) is 24.0 Å². The first-order valence-electron chi connectivity index (χ1n) is 8.45. The van der Waals surface area contributed by atoms with Crippen LogP contribution < -0.4 is 10.9 Å². The lowest BCUT2D eigenvalue weighted by atomic mass is 10.2. The molecule has 0 aliphatic rings. The van der Waals surface area contributed by atoms with Crippen LogP contribution in [0.15, 0.2) is 59.5 Å². The van der Waals surface area contributed by atoms with Gasteiger partial charge in [0.05, 0.1) is 10.9 Å². The molecule has 8 heteroatoms. The van der Waals surface area contributed by atoms with Crippen molar-refractivity contribution >= 4 is 27.7 Å². The second-order valence-electron chi connectivity index (χ2n) is 6.13. The Hall–Kier alpha value is -3.55. The Morgan fingerprint density at radius 3 is 2.89 bits per heavy atom. The fourth-order valence-electron chi connectivity index (χ4n) is 2.99. The molecule has 0 aliphatic carbocycles. The number of carbonyl (C=O) groups excluding carboxylic acids is 1. The van der Waals surface area contributed by atoms with E-state index >= 15 is 0 Å². The van der Waals surface area contributed by atoms with E-state index in [1.807, 2.05) is 16.8 Å². The molecule has 136 valence electrons. The minimum absolute atomic E-state index is 0.211. The molecule has 2 heterocycles. The van der Waals surface area contributed by atoms with E-state index in [4.69, 9.17) is 0 Å². The lowest BCUT2D eigenvalue weighted by Gasteiger charge is -2.08. The number of hydrogen-bond acceptors (Lipinski definition) is 4. The predicted molar refractivity (Wildman–Crippen MR) is 98.7 cm³/mol. The molecule has 1 N–H and O–H groups in total. The van der Waals surface area contributed by atoms with Crippen LogP contribution in [0.5, 0.6) is 0 Å². The van der Waals surface area contributed by atoms with E-state index < -0.39 is 0 Å². The summed E-state index contributed by atoms with van der Waals surface area (Å²) in [4.78, 5) is 24.5. The molecule has 27 heavy (non-hydrogen) atoms. The Balaban J connectivity index is 1.40. The first-order valence-corrected chi connectivity index (χ1v) is 8.45. The van der Waals surface area contributed by atoms with Gasteiger partial charge in [0, 0.05) is 19.3 Å². The zero-order chi connectivity index (χ0) is 18.8. The van der Waals surface area contributed by atoms with E-state index in [1.54, 1.807) is 30.3 Å². The third kappa shape index (κ3) is 3.41. The van der Waals surface area contributed by atoms with Crippen LogP contribution in [-0.2, 0) is 17.9 Å². The van der Waals surface area contributed by atoms with Gasteiger partial charge >= 0.3 is 0 Å². The second-order valence-corrected chi connectivity index (χ2v) is 6.13. The molecule has 0 aliphatic heterocycles.